The predicted molar refractivity (Wildman–Crippen MR) is 81.4 cm³/mol. The first-order valence-electron chi connectivity index (χ1n) is 6.98. The van der Waals surface area contributed by atoms with Crippen LogP contribution in [0.5, 0.6) is 0 Å². The van der Waals surface area contributed by atoms with Crippen LogP contribution in [0.4, 0.5) is 4.39 Å². The van der Waals surface area contributed by atoms with Crippen molar-refractivity contribution in [3.05, 3.63) is 77.7 Å². The van der Waals surface area contributed by atoms with Crippen molar-refractivity contribution in [2.45, 2.75) is 18.9 Å². The topological polar surface area (TPSA) is 33.1 Å². The standard InChI is InChI=1S/C18H16FNO/c1-2-18(21,15-7-3-4-8-16(15)19)14-10-9-13-6-5-11-20-17(13)12-14/h3-12,21H,2H2,1H3. The largest absolute Gasteiger partial charge is 0.380 e. The van der Waals surface area contributed by atoms with Gasteiger partial charge in [0, 0.05) is 17.1 Å². The van der Waals surface area contributed by atoms with E-state index in [0.717, 1.165) is 10.9 Å². The summed E-state index contributed by atoms with van der Waals surface area (Å²) in [5, 5.41) is 12.0. The Bertz CT molecular complexity index is 787. The maximum Gasteiger partial charge on any atom is 0.129 e. The van der Waals surface area contributed by atoms with Crippen LogP contribution in [0, 0.1) is 5.82 Å². The number of hydrogen-bond acceptors (Lipinski definition) is 2. The Labute approximate surface area is 122 Å². The zero-order valence-electron chi connectivity index (χ0n) is 11.8. The van der Waals surface area contributed by atoms with Gasteiger partial charge >= 0.3 is 0 Å². The summed E-state index contributed by atoms with van der Waals surface area (Å²) in [4.78, 5) is 4.30. The molecule has 3 rings (SSSR count). The molecular formula is C18H16FNO. The van der Waals surface area contributed by atoms with E-state index in [4.69, 9.17) is 0 Å². The average molecular weight is 281 g/mol. The molecule has 2 aromatic carbocycles. The first-order chi connectivity index (χ1) is 10.1. The average Bonchev–Trinajstić information content (AvgIpc) is 2.54. The summed E-state index contributed by atoms with van der Waals surface area (Å²) in [5.74, 6) is -0.400. The van der Waals surface area contributed by atoms with Crippen LogP contribution in [0.25, 0.3) is 10.9 Å². The van der Waals surface area contributed by atoms with Crippen LogP contribution in [-0.2, 0) is 5.60 Å². The molecule has 0 bridgehead atoms. The third-order valence-corrected chi connectivity index (χ3v) is 3.91. The van der Waals surface area contributed by atoms with Crippen molar-refractivity contribution < 1.29 is 9.50 Å². The summed E-state index contributed by atoms with van der Waals surface area (Å²) in [7, 11) is 0. The number of halogens is 1. The Balaban J connectivity index is 2.19. The van der Waals surface area contributed by atoms with Crippen LogP contribution in [0.2, 0.25) is 0 Å². The molecule has 1 unspecified atom stereocenters. The smallest absolute Gasteiger partial charge is 0.129 e. The molecule has 0 aliphatic rings. The lowest BCUT2D eigenvalue weighted by molar-refractivity contribution is 0.0727. The number of aromatic nitrogens is 1. The van der Waals surface area contributed by atoms with Crippen molar-refractivity contribution in [3.8, 4) is 0 Å². The normalized spacial score (nSPS) is 14.0. The minimum absolute atomic E-state index is 0.294. The highest BCUT2D eigenvalue weighted by molar-refractivity contribution is 5.79. The number of rotatable bonds is 3. The number of fused-ring (bicyclic) bond motifs is 1. The molecule has 1 atom stereocenters. The fourth-order valence-electron chi connectivity index (χ4n) is 2.67. The first-order valence-corrected chi connectivity index (χ1v) is 6.98. The number of benzene rings is 2. The lowest BCUT2D eigenvalue weighted by atomic mass is 9.83. The van der Waals surface area contributed by atoms with Crippen molar-refractivity contribution in [1.82, 2.24) is 4.98 Å². The molecule has 2 nitrogen and oxygen atoms in total. The maximum absolute atomic E-state index is 14.1. The van der Waals surface area contributed by atoms with E-state index < -0.39 is 11.4 Å². The minimum atomic E-state index is -1.35. The Morgan fingerprint density at radius 3 is 2.67 bits per heavy atom. The monoisotopic (exact) mass is 281 g/mol. The highest BCUT2D eigenvalue weighted by Crippen LogP contribution is 2.35. The van der Waals surface area contributed by atoms with E-state index in [1.165, 1.54) is 6.07 Å². The van der Waals surface area contributed by atoms with Gasteiger partial charge in [-0.05, 0) is 30.2 Å². The zero-order valence-corrected chi connectivity index (χ0v) is 11.8. The van der Waals surface area contributed by atoms with Crippen molar-refractivity contribution in [1.29, 1.82) is 0 Å². The van der Waals surface area contributed by atoms with E-state index in [1.807, 2.05) is 37.3 Å². The second-order valence-electron chi connectivity index (χ2n) is 5.10. The van der Waals surface area contributed by atoms with Crippen LogP contribution in [0.1, 0.15) is 24.5 Å². The van der Waals surface area contributed by atoms with Gasteiger partial charge in [-0.1, -0.05) is 43.3 Å². The molecule has 0 amide bonds. The molecule has 0 fully saturated rings. The maximum atomic E-state index is 14.1. The number of nitrogens with zero attached hydrogens (tertiary/aromatic N) is 1. The van der Waals surface area contributed by atoms with Crippen molar-refractivity contribution >= 4 is 10.9 Å². The minimum Gasteiger partial charge on any atom is -0.380 e. The lowest BCUT2D eigenvalue weighted by Crippen LogP contribution is -2.27. The fourth-order valence-corrected chi connectivity index (χ4v) is 2.67. The SMILES string of the molecule is CCC(O)(c1ccc2cccnc2c1)c1ccccc1F. The van der Waals surface area contributed by atoms with Gasteiger partial charge in [0.2, 0.25) is 0 Å². The van der Waals surface area contributed by atoms with E-state index in [0.29, 0.717) is 17.5 Å². The van der Waals surface area contributed by atoms with Gasteiger partial charge in [0.05, 0.1) is 5.52 Å². The van der Waals surface area contributed by atoms with Crippen molar-refractivity contribution in [2.24, 2.45) is 0 Å². The Morgan fingerprint density at radius 2 is 1.90 bits per heavy atom. The van der Waals surface area contributed by atoms with Crippen LogP contribution in [0.15, 0.2) is 60.8 Å². The molecular weight excluding hydrogens is 265 g/mol. The number of pyridine rings is 1. The summed E-state index contributed by atoms with van der Waals surface area (Å²) < 4.78 is 14.1. The molecule has 106 valence electrons. The molecule has 21 heavy (non-hydrogen) atoms. The third kappa shape index (κ3) is 2.30. The van der Waals surface area contributed by atoms with Gasteiger partial charge in [0.1, 0.15) is 11.4 Å². The Kier molecular flexibility index (Phi) is 3.43. The van der Waals surface area contributed by atoms with E-state index in [9.17, 15) is 9.50 Å². The summed E-state index contributed by atoms with van der Waals surface area (Å²) >= 11 is 0. The number of hydrogen-bond donors (Lipinski definition) is 1. The van der Waals surface area contributed by atoms with Gasteiger partial charge in [-0.25, -0.2) is 4.39 Å². The molecule has 1 N–H and O–H groups in total. The highest BCUT2D eigenvalue weighted by atomic mass is 19.1. The second kappa shape index (κ2) is 5.26. The molecule has 3 heteroatoms. The summed E-state index contributed by atoms with van der Waals surface area (Å²) in [6.45, 7) is 1.84. The first kappa shape index (κ1) is 13.7. The van der Waals surface area contributed by atoms with E-state index in [-0.39, 0.29) is 0 Å². The third-order valence-electron chi connectivity index (χ3n) is 3.91. The zero-order chi connectivity index (χ0) is 14.9. The molecule has 1 heterocycles. The van der Waals surface area contributed by atoms with Gasteiger partial charge in [-0.3, -0.25) is 4.98 Å². The van der Waals surface area contributed by atoms with Crippen LogP contribution in [-0.4, -0.2) is 10.1 Å². The Morgan fingerprint density at radius 1 is 1.10 bits per heavy atom. The van der Waals surface area contributed by atoms with Crippen molar-refractivity contribution in [2.75, 3.05) is 0 Å². The van der Waals surface area contributed by atoms with Gasteiger partial charge in [-0.2, -0.15) is 0 Å². The molecule has 0 aliphatic heterocycles. The molecule has 0 saturated carbocycles. The highest BCUT2D eigenvalue weighted by Gasteiger charge is 2.32. The van der Waals surface area contributed by atoms with E-state index in [1.54, 1.807) is 24.4 Å². The summed E-state index contributed by atoms with van der Waals surface area (Å²) in [6, 6.07) is 15.7. The van der Waals surface area contributed by atoms with E-state index in [2.05, 4.69) is 4.98 Å². The van der Waals surface area contributed by atoms with Crippen LogP contribution in [0.3, 0.4) is 0 Å². The van der Waals surface area contributed by atoms with Crippen LogP contribution >= 0.6 is 0 Å². The molecule has 3 aromatic rings. The lowest BCUT2D eigenvalue weighted by Gasteiger charge is -2.28. The summed E-state index contributed by atoms with van der Waals surface area (Å²) in [5.41, 5.74) is 0.388. The van der Waals surface area contributed by atoms with E-state index >= 15 is 0 Å². The van der Waals surface area contributed by atoms with Gasteiger partial charge < -0.3 is 5.11 Å². The van der Waals surface area contributed by atoms with Crippen LogP contribution < -0.4 is 0 Å². The van der Waals surface area contributed by atoms with Gasteiger partial charge in [-0.15, -0.1) is 0 Å². The van der Waals surface area contributed by atoms with Gasteiger partial charge in [0.15, 0.2) is 0 Å². The van der Waals surface area contributed by atoms with Gasteiger partial charge in [0.25, 0.3) is 0 Å². The quantitative estimate of drug-likeness (QED) is 0.786. The van der Waals surface area contributed by atoms with Crippen molar-refractivity contribution in [3.63, 3.8) is 0 Å². The second-order valence-corrected chi connectivity index (χ2v) is 5.10. The molecule has 1 aromatic heterocycles. The molecule has 0 radical (unpaired) electrons. The molecule has 0 aliphatic carbocycles. The fraction of sp³-hybridized carbons (Fsp3) is 0.167. The Hall–Kier alpha value is -2.26. The molecule has 0 saturated heterocycles. The predicted octanol–water partition coefficient (Wildman–Crippen LogP) is 4.02. The summed E-state index contributed by atoms with van der Waals surface area (Å²) in [6.07, 6.45) is 2.09. The molecule has 0 spiro atoms. The number of aliphatic hydroxyl groups is 1.